The Hall–Kier alpha value is -1.10. The average molecular weight is 552 g/mol. The van der Waals surface area contributed by atoms with Crippen molar-refractivity contribution in [2.24, 2.45) is 10.9 Å². The molecule has 2 aliphatic rings. The molecule has 1 unspecified atom stereocenters. The first-order chi connectivity index (χ1) is 14.5. The fraction of sp³-hybridized carbons (Fsp3) is 0.864. The van der Waals surface area contributed by atoms with Gasteiger partial charge in [-0.05, 0) is 31.6 Å². The van der Waals surface area contributed by atoms with Gasteiger partial charge in [0.25, 0.3) is 0 Å². The number of unbranched alkanes of at least 4 members (excludes halogenated alkanes) is 2. The van der Waals surface area contributed by atoms with E-state index in [1.165, 1.54) is 0 Å². The minimum Gasteiger partial charge on any atom is -0.376 e. The summed E-state index contributed by atoms with van der Waals surface area (Å²) in [5.41, 5.74) is 0. The summed E-state index contributed by atoms with van der Waals surface area (Å²) in [6.07, 6.45) is 6.64. The molecule has 2 N–H and O–H groups in total. The second kappa shape index (κ2) is 15.7. The Kier molecular flexibility index (Phi) is 14.1. The largest absolute Gasteiger partial charge is 0.376 e. The lowest BCUT2D eigenvalue weighted by Gasteiger charge is -2.35. The van der Waals surface area contributed by atoms with Crippen molar-refractivity contribution in [1.29, 1.82) is 0 Å². The standard InChI is InChI=1S/C22H41N5O3.HI/c1-18(2)16-21(29)27-13-11-26(12-14-27)20(28)9-5-4-6-10-24-22(23-3)25-17-19-8-7-15-30-19;/h18-19H,4-17H2,1-3H3,(H2,23,24,25);1H. The van der Waals surface area contributed by atoms with Crippen molar-refractivity contribution in [3.63, 3.8) is 0 Å². The predicted molar refractivity (Wildman–Crippen MR) is 135 cm³/mol. The third-order valence-electron chi connectivity index (χ3n) is 5.67. The minimum atomic E-state index is 0. The molecule has 1 atom stereocenters. The number of guanidine groups is 1. The zero-order valence-corrected chi connectivity index (χ0v) is 21.9. The highest BCUT2D eigenvalue weighted by Gasteiger charge is 2.24. The first kappa shape index (κ1) is 27.9. The number of piperazine rings is 1. The number of carbonyl (C=O) groups is 2. The molecule has 0 aromatic heterocycles. The first-order valence-corrected chi connectivity index (χ1v) is 11.6. The Labute approximate surface area is 204 Å². The number of nitrogens with one attached hydrogen (secondary N) is 2. The Balaban J connectivity index is 0.00000480. The van der Waals surface area contributed by atoms with E-state index in [1.54, 1.807) is 7.05 Å². The van der Waals surface area contributed by atoms with Gasteiger partial charge < -0.3 is 25.2 Å². The van der Waals surface area contributed by atoms with Crippen LogP contribution in [0.3, 0.4) is 0 Å². The number of rotatable bonds is 10. The Morgan fingerprint density at radius 3 is 2.29 bits per heavy atom. The molecule has 180 valence electrons. The van der Waals surface area contributed by atoms with Crippen molar-refractivity contribution in [2.45, 2.75) is 64.9 Å². The van der Waals surface area contributed by atoms with E-state index < -0.39 is 0 Å². The first-order valence-electron chi connectivity index (χ1n) is 11.6. The molecule has 0 saturated carbocycles. The van der Waals surface area contributed by atoms with Gasteiger partial charge in [0.15, 0.2) is 5.96 Å². The third-order valence-corrected chi connectivity index (χ3v) is 5.67. The highest BCUT2D eigenvalue weighted by Crippen LogP contribution is 2.11. The van der Waals surface area contributed by atoms with Gasteiger partial charge in [-0.15, -0.1) is 24.0 Å². The summed E-state index contributed by atoms with van der Waals surface area (Å²) >= 11 is 0. The average Bonchev–Trinajstić information content (AvgIpc) is 3.25. The van der Waals surface area contributed by atoms with E-state index in [1.807, 2.05) is 9.80 Å². The van der Waals surface area contributed by atoms with Gasteiger partial charge in [-0.2, -0.15) is 0 Å². The van der Waals surface area contributed by atoms with Crippen LogP contribution in [0.2, 0.25) is 0 Å². The summed E-state index contributed by atoms with van der Waals surface area (Å²) in [5.74, 6) is 1.62. The van der Waals surface area contributed by atoms with E-state index in [0.717, 1.165) is 57.8 Å². The molecular weight excluding hydrogens is 509 g/mol. The molecule has 0 bridgehead atoms. The molecule has 2 heterocycles. The van der Waals surface area contributed by atoms with Crippen LogP contribution in [0.1, 0.15) is 58.8 Å². The molecule has 9 heteroatoms. The summed E-state index contributed by atoms with van der Waals surface area (Å²) in [4.78, 5) is 32.6. The molecule has 8 nitrogen and oxygen atoms in total. The van der Waals surface area contributed by atoms with E-state index in [9.17, 15) is 9.59 Å². The Morgan fingerprint density at radius 1 is 1.03 bits per heavy atom. The maximum absolute atomic E-state index is 12.4. The summed E-state index contributed by atoms with van der Waals surface area (Å²) in [7, 11) is 1.78. The van der Waals surface area contributed by atoms with Crippen LogP contribution >= 0.6 is 24.0 Å². The Bertz CT molecular complexity index is 559. The van der Waals surface area contributed by atoms with Crippen LogP contribution in [-0.2, 0) is 14.3 Å². The number of carbonyl (C=O) groups excluding carboxylic acids is 2. The topological polar surface area (TPSA) is 86.3 Å². The van der Waals surface area contributed by atoms with Crippen LogP contribution < -0.4 is 10.6 Å². The number of nitrogens with zero attached hydrogens (tertiary/aromatic N) is 3. The number of aliphatic imine (C=N–C) groups is 1. The molecule has 2 aliphatic heterocycles. The number of hydrogen-bond donors (Lipinski definition) is 2. The Morgan fingerprint density at radius 2 is 1.71 bits per heavy atom. The van der Waals surface area contributed by atoms with E-state index in [0.29, 0.717) is 51.0 Å². The van der Waals surface area contributed by atoms with Crippen molar-refractivity contribution < 1.29 is 14.3 Å². The van der Waals surface area contributed by atoms with Crippen molar-refractivity contribution in [3.05, 3.63) is 0 Å². The second-order valence-corrected chi connectivity index (χ2v) is 8.69. The van der Waals surface area contributed by atoms with Crippen LogP contribution in [0.4, 0.5) is 0 Å². The lowest BCUT2D eigenvalue weighted by molar-refractivity contribution is -0.140. The second-order valence-electron chi connectivity index (χ2n) is 8.69. The summed E-state index contributed by atoms with van der Waals surface area (Å²) < 4.78 is 5.61. The van der Waals surface area contributed by atoms with Gasteiger partial charge in [0.05, 0.1) is 6.10 Å². The third kappa shape index (κ3) is 10.9. The van der Waals surface area contributed by atoms with Gasteiger partial charge in [-0.25, -0.2) is 0 Å². The molecule has 2 fully saturated rings. The lowest BCUT2D eigenvalue weighted by atomic mass is 10.1. The van der Waals surface area contributed by atoms with E-state index in [-0.39, 0.29) is 35.8 Å². The van der Waals surface area contributed by atoms with Crippen LogP contribution in [0.25, 0.3) is 0 Å². The van der Waals surface area contributed by atoms with Crippen molar-refractivity contribution in [2.75, 3.05) is 52.9 Å². The fourth-order valence-corrected chi connectivity index (χ4v) is 3.86. The fourth-order valence-electron chi connectivity index (χ4n) is 3.86. The highest BCUT2D eigenvalue weighted by atomic mass is 127. The zero-order chi connectivity index (χ0) is 21.8. The summed E-state index contributed by atoms with van der Waals surface area (Å²) in [6, 6.07) is 0. The molecule has 0 aliphatic carbocycles. The smallest absolute Gasteiger partial charge is 0.222 e. The van der Waals surface area contributed by atoms with Crippen molar-refractivity contribution >= 4 is 41.8 Å². The van der Waals surface area contributed by atoms with Crippen LogP contribution in [0.5, 0.6) is 0 Å². The molecule has 0 aromatic carbocycles. The number of ether oxygens (including phenoxy) is 1. The van der Waals surface area contributed by atoms with Gasteiger partial charge >= 0.3 is 0 Å². The van der Waals surface area contributed by atoms with Crippen LogP contribution in [-0.4, -0.2) is 86.6 Å². The normalized spacial score (nSPS) is 19.4. The highest BCUT2D eigenvalue weighted by molar-refractivity contribution is 14.0. The minimum absolute atomic E-state index is 0. The van der Waals surface area contributed by atoms with Gasteiger partial charge in [-0.3, -0.25) is 14.6 Å². The molecule has 0 spiro atoms. The van der Waals surface area contributed by atoms with Gasteiger partial charge in [0.1, 0.15) is 0 Å². The molecule has 2 rings (SSSR count). The molecule has 2 saturated heterocycles. The van der Waals surface area contributed by atoms with E-state index in [4.69, 9.17) is 4.74 Å². The number of amides is 2. The van der Waals surface area contributed by atoms with Crippen molar-refractivity contribution in [3.8, 4) is 0 Å². The zero-order valence-electron chi connectivity index (χ0n) is 19.5. The summed E-state index contributed by atoms with van der Waals surface area (Å²) in [5, 5.41) is 6.63. The quantitative estimate of drug-likeness (QED) is 0.188. The predicted octanol–water partition coefficient (Wildman–Crippen LogP) is 2.23. The van der Waals surface area contributed by atoms with E-state index >= 15 is 0 Å². The van der Waals surface area contributed by atoms with E-state index in [2.05, 4.69) is 29.5 Å². The molecule has 2 amide bonds. The lowest BCUT2D eigenvalue weighted by Crippen LogP contribution is -2.50. The van der Waals surface area contributed by atoms with Gasteiger partial charge in [-0.1, -0.05) is 20.3 Å². The van der Waals surface area contributed by atoms with Crippen LogP contribution in [0, 0.1) is 5.92 Å². The van der Waals surface area contributed by atoms with Gasteiger partial charge in [0.2, 0.25) is 11.8 Å². The van der Waals surface area contributed by atoms with Gasteiger partial charge in [0, 0.05) is 65.8 Å². The molecular formula is C22H42IN5O3. The summed E-state index contributed by atoms with van der Waals surface area (Å²) in [6.45, 7) is 9.28. The number of hydrogen-bond acceptors (Lipinski definition) is 4. The maximum atomic E-state index is 12.4. The number of halogens is 1. The molecule has 31 heavy (non-hydrogen) atoms. The maximum Gasteiger partial charge on any atom is 0.222 e. The van der Waals surface area contributed by atoms with Crippen molar-refractivity contribution in [1.82, 2.24) is 20.4 Å². The molecule has 0 aromatic rings. The molecule has 0 radical (unpaired) electrons. The van der Waals surface area contributed by atoms with Crippen LogP contribution in [0.15, 0.2) is 4.99 Å². The SMILES string of the molecule is CN=C(NCCCCCC(=O)N1CCN(C(=O)CC(C)C)CC1)NCC1CCCO1.I. The monoisotopic (exact) mass is 551 g/mol.